The Morgan fingerprint density at radius 3 is 2.30 bits per heavy atom. The zero-order valence-electron chi connectivity index (χ0n) is 15.6. The molecule has 1 heterocycles. The van der Waals surface area contributed by atoms with E-state index in [0.717, 1.165) is 11.4 Å². The standard InChI is InChI=1S/C21H22N2O4/c1-14(2)10-11-27-18-9-8-15(12-19(18)26-3)13-22-23-20(24)16-6-4-5-7-17(16)21(23)25/h4-9,12-14H,10-11H2,1-3H3. The summed E-state index contributed by atoms with van der Waals surface area (Å²) in [5.41, 5.74) is 1.43. The van der Waals surface area contributed by atoms with E-state index in [1.54, 1.807) is 49.6 Å². The van der Waals surface area contributed by atoms with Gasteiger partial charge in [0.15, 0.2) is 11.5 Å². The lowest BCUT2D eigenvalue weighted by Gasteiger charge is -2.12. The van der Waals surface area contributed by atoms with Gasteiger partial charge in [-0.25, -0.2) is 0 Å². The molecule has 6 heteroatoms. The normalized spacial score (nSPS) is 13.6. The van der Waals surface area contributed by atoms with Crippen molar-refractivity contribution in [2.24, 2.45) is 11.0 Å². The van der Waals surface area contributed by atoms with E-state index in [-0.39, 0.29) is 0 Å². The molecule has 1 aliphatic rings. The molecule has 0 bridgehead atoms. The summed E-state index contributed by atoms with van der Waals surface area (Å²) in [6.45, 7) is 4.88. The van der Waals surface area contributed by atoms with E-state index < -0.39 is 11.8 Å². The quantitative estimate of drug-likeness (QED) is 0.553. The number of ether oxygens (including phenoxy) is 2. The summed E-state index contributed by atoms with van der Waals surface area (Å²) >= 11 is 0. The Balaban J connectivity index is 1.74. The first-order chi connectivity index (χ1) is 13.0. The van der Waals surface area contributed by atoms with E-state index in [4.69, 9.17) is 9.47 Å². The Hall–Kier alpha value is -3.15. The Kier molecular flexibility index (Phi) is 5.54. The zero-order valence-corrected chi connectivity index (χ0v) is 15.6. The summed E-state index contributed by atoms with van der Waals surface area (Å²) in [7, 11) is 1.57. The Morgan fingerprint density at radius 2 is 1.70 bits per heavy atom. The third kappa shape index (κ3) is 4.00. The SMILES string of the molecule is COc1cc(C=NN2C(=O)c3ccccc3C2=O)ccc1OCCC(C)C. The maximum absolute atomic E-state index is 12.3. The van der Waals surface area contributed by atoms with Gasteiger partial charge in [-0.2, -0.15) is 10.1 Å². The molecule has 27 heavy (non-hydrogen) atoms. The number of benzene rings is 2. The summed E-state index contributed by atoms with van der Waals surface area (Å²) in [6, 6.07) is 12.0. The minimum Gasteiger partial charge on any atom is -0.493 e. The van der Waals surface area contributed by atoms with Gasteiger partial charge in [-0.1, -0.05) is 26.0 Å². The van der Waals surface area contributed by atoms with Crippen LogP contribution in [0.15, 0.2) is 47.6 Å². The fraction of sp³-hybridized carbons (Fsp3) is 0.286. The molecule has 1 aliphatic heterocycles. The molecule has 0 aromatic heterocycles. The van der Waals surface area contributed by atoms with E-state index >= 15 is 0 Å². The van der Waals surface area contributed by atoms with Crippen molar-refractivity contribution in [2.45, 2.75) is 20.3 Å². The van der Waals surface area contributed by atoms with E-state index in [0.29, 0.717) is 40.7 Å². The molecular formula is C21H22N2O4. The maximum atomic E-state index is 12.3. The summed E-state index contributed by atoms with van der Waals surface area (Å²) in [5, 5.41) is 4.95. The second-order valence-corrected chi connectivity index (χ2v) is 6.65. The Morgan fingerprint density at radius 1 is 1.04 bits per heavy atom. The third-order valence-corrected chi connectivity index (χ3v) is 4.24. The van der Waals surface area contributed by atoms with Gasteiger partial charge in [-0.3, -0.25) is 9.59 Å². The molecule has 2 aromatic carbocycles. The van der Waals surface area contributed by atoms with Gasteiger partial charge >= 0.3 is 0 Å². The number of methoxy groups -OCH3 is 1. The molecule has 0 atom stereocenters. The lowest BCUT2D eigenvalue weighted by atomic mass is 10.1. The molecule has 0 saturated carbocycles. The fourth-order valence-corrected chi connectivity index (χ4v) is 2.69. The van der Waals surface area contributed by atoms with Crippen LogP contribution in [0, 0.1) is 5.92 Å². The van der Waals surface area contributed by atoms with Crippen molar-refractivity contribution in [2.75, 3.05) is 13.7 Å². The Bertz CT molecular complexity index is 855. The van der Waals surface area contributed by atoms with Crippen molar-refractivity contribution >= 4 is 18.0 Å². The first-order valence-corrected chi connectivity index (χ1v) is 8.84. The highest BCUT2D eigenvalue weighted by atomic mass is 16.5. The largest absolute Gasteiger partial charge is 0.493 e. The summed E-state index contributed by atoms with van der Waals surface area (Å²) < 4.78 is 11.1. The van der Waals surface area contributed by atoms with Crippen LogP contribution in [0.3, 0.4) is 0 Å². The number of carbonyl (C=O) groups is 2. The highest BCUT2D eigenvalue weighted by molar-refractivity contribution is 6.21. The van der Waals surface area contributed by atoms with Crippen LogP contribution in [-0.4, -0.2) is 36.8 Å². The number of rotatable bonds is 7. The number of fused-ring (bicyclic) bond motifs is 1. The van der Waals surface area contributed by atoms with Crippen molar-refractivity contribution in [1.29, 1.82) is 0 Å². The van der Waals surface area contributed by atoms with Crippen LogP contribution in [-0.2, 0) is 0 Å². The van der Waals surface area contributed by atoms with Gasteiger partial charge in [0, 0.05) is 0 Å². The summed E-state index contributed by atoms with van der Waals surface area (Å²) in [5.74, 6) is 0.933. The average molecular weight is 366 g/mol. The van der Waals surface area contributed by atoms with Crippen LogP contribution >= 0.6 is 0 Å². The van der Waals surface area contributed by atoms with E-state index in [1.807, 2.05) is 0 Å². The van der Waals surface area contributed by atoms with Gasteiger partial charge in [0.1, 0.15) is 0 Å². The fourth-order valence-electron chi connectivity index (χ4n) is 2.69. The number of amides is 2. The first kappa shape index (κ1) is 18.6. The summed E-state index contributed by atoms with van der Waals surface area (Å²) in [4.78, 5) is 24.7. The number of nitrogens with zero attached hydrogens (tertiary/aromatic N) is 2. The number of hydrogen-bond acceptors (Lipinski definition) is 5. The number of hydrogen-bond donors (Lipinski definition) is 0. The number of imide groups is 1. The molecule has 0 unspecified atom stereocenters. The minimum absolute atomic E-state index is 0.367. The maximum Gasteiger partial charge on any atom is 0.282 e. The molecule has 0 saturated heterocycles. The van der Waals surface area contributed by atoms with Gasteiger partial charge in [0.25, 0.3) is 11.8 Å². The first-order valence-electron chi connectivity index (χ1n) is 8.84. The predicted octanol–water partition coefficient (Wildman–Crippen LogP) is 3.75. The molecular weight excluding hydrogens is 344 g/mol. The molecule has 140 valence electrons. The van der Waals surface area contributed by atoms with Gasteiger partial charge < -0.3 is 9.47 Å². The minimum atomic E-state index is -0.424. The topological polar surface area (TPSA) is 68.2 Å². The second-order valence-electron chi connectivity index (χ2n) is 6.65. The lowest BCUT2D eigenvalue weighted by Crippen LogP contribution is -2.23. The molecule has 2 amide bonds. The summed E-state index contributed by atoms with van der Waals surface area (Å²) in [6.07, 6.45) is 2.41. The van der Waals surface area contributed by atoms with Gasteiger partial charge in [-0.15, -0.1) is 0 Å². The second kappa shape index (κ2) is 8.03. The molecule has 3 rings (SSSR count). The average Bonchev–Trinajstić information content (AvgIpc) is 2.91. The lowest BCUT2D eigenvalue weighted by molar-refractivity contribution is 0.0660. The van der Waals surface area contributed by atoms with E-state index in [9.17, 15) is 9.59 Å². The van der Waals surface area contributed by atoms with Gasteiger partial charge in [0.05, 0.1) is 31.1 Å². The van der Waals surface area contributed by atoms with Crippen LogP contribution < -0.4 is 9.47 Å². The van der Waals surface area contributed by atoms with Crippen molar-refractivity contribution in [3.8, 4) is 11.5 Å². The van der Waals surface area contributed by atoms with Crippen LogP contribution in [0.4, 0.5) is 0 Å². The van der Waals surface area contributed by atoms with Crippen LogP contribution in [0.2, 0.25) is 0 Å². The predicted molar refractivity (Wildman–Crippen MR) is 102 cm³/mol. The highest BCUT2D eigenvalue weighted by Crippen LogP contribution is 2.28. The molecule has 6 nitrogen and oxygen atoms in total. The van der Waals surface area contributed by atoms with Crippen LogP contribution in [0.5, 0.6) is 11.5 Å². The van der Waals surface area contributed by atoms with Crippen LogP contribution in [0.1, 0.15) is 46.5 Å². The van der Waals surface area contributed by atoms with Crippen molar-refractivity contribution < 1.29 is 19.1 Å². The van der Waals surface area contributed by atoms with Gasteiger partial charge in [-0.05, 0) is 48.2 Å². The molecule has 0 radical (unpaired) electrons. The van der Waals surface area contributed by atoms with Crippen molar-refractivity contribution in [3.05, 3.63) is 59.2 Å². The molecule has 0 aliphatic carbocycles. The smallest absolute Gasteiger partial charge is 0.282 e. The van der Waals surface area contributed by atoms with Crippen molar-refractivity contribution in [1.82, 2.24) is 5.01 Å². The molecule has 0 N–H and O–H groups in total. The molecule has 2 aromatic rings. The zero-order chi connectivity index (χ0) is 19.4. The van der Waals surface area contributed by atoms with Gasteiger partial charge in [0.2, 0.25) is 0 Å². The van der Waals surface area contributed by atoms with Crippen LogP contribution in [0.25, 0.3) is 0 Å². The van der Waals surface area contributed by atoms with Crippen molar-refractivity contribution in [3.63, 3.8) is 0 Å². The molecule has 0 spiro atoms. The number of carbonyl (C=O) groups excluding carboxylic acids is 2. The highest BCUT2D eigenvalue weighted by Gasteiger charge is 2.35. The third-order valence-electron chi connectivity index (χ3n) is 4.24. The van der Waals surface area contributed by atoms with E-state index in [1.165, 1.54) is 6.21 Å². The monoisotopic (exact) mass is 366 g/mol. The Labute approximate surface area is 158 Å². The molecule has 0 fully saturated rings. The number of hydrazone groups is 1. The van der Waals surface area contributed by atoms with E-state index in [2.05, 4.69) is 18.9 Å².